The number of ketones is 1. The fourth-order valence-corrected chi connectivity index (χ4v) is 4.88. The van der Waals surface area contributed by atoms with E-state index in [1.807, 2.05) is 0 Å². The van der Waals surface area contributed by atoms with Gasteiger partial charge in [0.15, 0.2) is 0 Å². The Morgan fingerprint density at radius 1 is 1.09 bits per heavy atom. The normalized spacial score (nSPS) is 39.9. The number of nitrogens with zero attached hydrogens (tertiary/aromatic N) is 1. The second kappa shape index (κ2) is 5.52. The lowest BCUT2D eigenvalue weighted by Gasteiger charge is -2.25. The predicted molar refractivity (Wildman–Crippen MR) is 80.5 cm³/mol. The third kappa shape index (κ3) is 2.43. The summed E-state index contributed by atoms with van der Waals surface area (Å²) in [5.74, 6) is -0.113. The third-order valence-electron chi connectivity index (χ3n) is 6.10. The van der Waals surface area contributed by atoms with Crippen LogP contribution in [0.4, 0.5) is 0 Å². The number of hydrogen-bond donors (Lipinski definition) is 1. The standard InChI is InChI=1S/C16H21NO4.ClH/c18-14-5-8-3-10(14)11(4-8)15(19)17-6-12(9-1-2-9)13(7-17)16(20)21;/h8-13H,1-7H2,(H,20,21);1H/t8-,10+,11-,12+,13-;/m1./s1. The van der Waals surface area contributed by atoms with Gasteiger partial charge in [-0.3, -0.25) is 14.4 Å². The molecule has 1 amide bonds. The quantitative estimate of drug-likeness (QED) is 0.854. The summed E-state index contributed by atoms with van der Waals surface area (Å²) in [6.45, 7) is 0.931. The molecule has 0 radical (unpaired) electrons. The first kappa shape index (κ1) is 15.8. The fraction of sp³-hybridized carbons (Fsp3) is 0.812. The van der Waals surface area contributed by atoms with E-state index in [1.165, 1.54) is 0 Å². The number of fused-ring (bicyclic) bond motifs is 2. The zero-order valence-electron chi connectivity index (χ0n) is 12.4. The van der Waals surface area contributed by atoms with Crippen LogP contribution in [-0.2, 0) is 14.4 Å². The van der Waals surface area contributed by atoms with Crippen molar-refractivity contribution in [2.24, 2.45) is 35.5 Å². The number of aliphatic carboxylic acids is 1. The third-order valence-corrected chi connectivity index (χ3v) is 6.10. The fourth-order valence-electron chi connectivity index (χ4n) is 4.88. The summed E-state index contributed by atoms with van der Waals surface area (Å²) < 4.78 is 0. The maximum atomic E-state index is 12.7. The second-order valence-corrected chi connectivity index (χ2v) is 7.41. The Bertz CT molecular complexity index is 518. The van der Waals surface area contributed by atoms with Gasteiger partial charge in [0.05, 0.1) is 5.92 Å². The van der Waals surface area contributed by atoms with E-state index in [4.69, 9.17) is 0 Å². The van der Waals surface area contributed by atoms with E-state index >= 15 is 0 Å². The number of rotatable bonds is 3. The van der Waals surface area contributed by atoms with Crippen LogP contribution in [0.5, 0.6) is 0 Å². The van der Waals surface area contributed by atoms with Crippen LogP contribution in [-0.4, -0.2) is 40.8 Å². The van der Waals surface area contributed by atoms with E-state index in [9.17, 15) is 19.5 Å². The van der Waals surface area contributed by atoms with E-state index in [0.29, 0.717) is 31.3 Å². The maximum absolute atomic E-state index is 12.7. The first-order chi connectivity index (χ1) is 10.0. The lowest BCUT2D eigenvalue weighted by molar-refractivity contribution is -0.143. The number of carboxylic acid groups (broad SMARTS) is 1. The van der Waals surface area contributed by atoms with Gasteiger partial charge in [-0.25, -0.2) is 0 Å². The minimum absolute atomic E-state index is 0. The van der Waals surface area contributed by atoms with Gasteiger partial charge in [-0.15, -0.1) is 12.4 Å². The van der Waals surface area contributed by atoms with Crippen LogP contribution in [0.1, 0.15) is 32.1 Å². The molecule has 0 unspecified atom stereocenters. The number of Topliss-reactive ketones (excluding diaryl/α,β-unsaturated/α-hetero) is 1. The molecule has 4 fully saturated rings. The molecule has 5 nitrogen and oxygen atoms in total. The lowest BCUT2D eigenvalue weighted by Crippen LogP contribution is -2.39. The average Bonchev–Trinajstić information content (AvgIpc) is 2.92. The van der Waals surface area contributed by atoms with Crippen LogP contribution in [0.3, 0.4) is 0 Å². The number of halogens is 1. The SMILES string of the molecule is Cl.O=C1C[C@@H]2C[C@H]1[C@H](C(=O)N1C[C@@H](C(=O)O)[C@H](C3CC3)C1)C2. The minimum Gasteiger partial charge on any atom is -0.481 e. The van der Waals surface area contributed by atoms with E-state index < -0.39 is 11.9 Å². The number of carboxylic acids is 1. The number of carbonyl (C=O) groups is 3. The van der Waals surface area contributed by atoms with Crippen molar-refractivity contribution in [3.63, 3.8) is 0 Å². The summed E-state index contributed by atoms with van der Waals surface area (Å²) in [5.41, 5.74) is 0. The van der Waals surface area contributed by atoms with Crippen LogP contribution in [0.15, 0.2) is 0 Å². The first-order valence-corrected chi connectivity index (χ1v) is 8.09. The van der Waals surface area contributed by atoms with Gasteiger partial charge in [0.1, 0.15) is 5.78 Å². The molecule has 5 atom stereocenters. The van der Waals surface area contributed by atoms with Crippen molar-refractivity contribution >= 4 is 30.1 Å². The molecule has 22 heavy (non-hydrogen) atoms. The largest absolute Gasteiger partial charge is 0.481 e. The van der Waals surface area contributed by atoms with Crippen LogP contribution in [0.2, 0.25) is 0 Å². The molecule has 4 rings (SSSR count). The van der Waals surface area contributed by atoms with Crippen molar-refractivity contribution in [1.29, 1.82) is 0 Å². The molecule has 6 heteroatoms. The highest BCUT2D eigenvalue weighted by Crippen LogP contribution is 2.49. The number of hydrogen-bond acceptors (Lipinski definition) is 3. The molecule has 1 saturated heterocycles. The van der Waals surface area contributed by atoms with Gasteiger partial charge in [-0.2, -0.15) is 0 Å². The van der Waals surface area contributed by atoms with E-state index in [-0.39, 0.29) is 41.9 Å². The molecule has 4 aliphatic rings. The second-order valence-electron chi connectivity index (χ2n) is 7.41. The van der Waals surface area contributed by atoms with Crippen LogP contribution in [0, 0.1) is 35.5 Å². The highest BCUT2D eigenvalue weighted by molar-refractivity contribution is 5.92. The van der Waals surface area contributed by atoms with Crippen molar-refractivity contribution in [3.8, 4) is 0 Å². The first-order valence-electron chi connectivity index (χ1n) is 8.09. The van der Waals surface area contributed by atoms with Gasteiger partial charge in [0.25, 0.3) is 0 Å². The van der Waals surface area contributed by atoms with Crippen LogP contribution >= 0.6 is 12.4 Å². The van der Waals surface area contributed by atoms with Crippen molar-refractivity contribution in [3.05, 3.63) is 0 Å². The summed E-state index contributed by atoms with van der Waals surface area (Å²) in [7, 11) is 0. The molecule has 122 valence electrons. The molecule has 2 bridgehead atoms. The molecule has 1 N–H and O–H groups in total. The smallest absolute Gasteiger partial charge is 0.308 e. The summed E-state index contributed by atoms with van der Waals surface area (Å²) in [6.07, 6.45) is 4.55. The molecule has 0 spiro atoms. The summed E-state index contributed by atoms with van der Waals surface area (Å²) >= 11 is 0. The van der Waals surface area contributed by atoms with E-state index in [2.05, 4.69) is 0 Å². The molecule has 1 aliphatic heterocycles. The molecule has 0 aromatic carbocycles. The topological polar surface area (TPSA) is 74.7 Å². The van der Waals surface area contributed by atoms with Crippen molar-refractivity contribution in [1.82, 2.24) is 4.90 Å². The van der Waals surface area contributed by atoms with Gasteiger partial charge in [-0.05, 0) is 43.4 Å². The lowest BCUT2D eigenvalue weighted by atomic mass is 9.87. The van der Waals surface area contributed by atoms with Crippen LogP contribution in [0.25, 0.3) is 0 Å². The minimum atomic E-state index is -0.772. The summed E-state index contributed by atoms with van der Waals surface area (Å²) in [4.78, 5) is 37.7. The Morgan fingerprint density at radius 2 is 1.82 bits per heavy atom. The molecule has 0 aromatic heterocycles. The zero-order chi connectivity index (χ0) is 14.7. The van der Waals surface area contributed by atoms with Gasteiger partial charge >= 0.3 is 5.97 Å². The Balaban J connectivity index is 0.00000144. The van der Waals surface area contributed by atoms with E-state index in [1.54, 1.807) is 4.90 Å². The Labute approximate surface area is 135 Å². The van der Waals surface area contributed by atoms with Crippen molar-refractivity contribution in [2.45, 2.75) is 32.1 Å². The highest BCUT2D eigenvalue weighted by Gasteiger charge is 2.52. The van der Waals surface area contributed by atoms with Crippen LogP contribution < -0.4 is 0 Å². The van der Waals surface area contributed by atoms with E-state index in [0.717, 1.165) is 25.7 Å². The molecular weight excluding hydrogens is 306 g/mol. The van der Waals surface area contributed by atoms with Gasteiger partial charge in [0, 0.05) is 31.3 Å². The van der Waals surface area contributed by atoms with Crippen molar-refractivity contribution in [2.75, 3.05) is 13.1 Å². The summed E-state index contributed by atoms with van der Waals surface area (Å²) in [6, 6.07) is 0. The zero-order valence-corrected chi connectivity index (χ0v) is 13.3. The predicted octanol–water partition coefficient (Wildman–Crippen LogP) is 1.59. The Kier molecular flexibility index (Phi) is 3.96. The maximum Gasteiger partial charge on any atom is 0.308 e. The number of carbonyl (C=O) groups excluding carboxylic acids is 2. The van der Waals surface area contributed by atoms with Crippen molar-refractivity contribution < 1.29 is 19.5 Å². The molecular formula is C16H22ClNO4. The molecule has 1 heterocycles. The Hall–Kier alpha value is -1.10. The molecule has 3 aliphatic carbocycles. The van der Waals surface area contributed by atoms with Gasteiger partial charge in [-0.1, -0.05) is 0 Å². The van der Waals surface area contributed by atoms with Gasteiger partial charge < -0.3 is 10.0 Å². The summed E-state index contributed by atoms with van der Waals surface area (Å²) in [5, 5.41) is 9.38. The average molecular weight is 328 g/mol. The highest BCUT2D eigenvalue weighted by atomic mass is 35.5. The molecule has 3 saturated carbocycles. The monoisotopic (exact) mass is 327 g/mol. The molecule has 0 aromatic rings. The Morgan fingerprint density at radius 3 is 2.36 bits per heavy atom. The number of likely N-dealkylation sites (tertiary alicyclic amines) is 1. The van der Waals surface area contributed by atoms with Gasteiger partial charge in [0.2, 0.25) is 5.91 Å². The number of amides is 1.